The van der Waals surface area contributed by atoms with Crippen molar-refractivity contribution >= 4 is 41.1 Å². The van der Waals surface area contributed by atoms with Crippen molar-refractivity contribution in [3.63, 3.8) is 0 Å². The molecule has 1 unspecified atom stereocenters. The van der Waals surface area contributed by atoms with E-state index < -0.39 is 46.4 Å². The van der Waals surface area contributed by atoms with E-state index in [0.717, 1.165) is 20.5 Å². The van der Waals surface area contributed by atoms with Gasteiger partial charge in [0.05, 0.1) is 11.7 Å². The molecule has 3 aliphatic heterocycles. The van der Waals surface area contributed by atoms with Crippen LogP contribution >= 0.6 is 0 Å². The first-order valence-corrected chi connectivity index (χ1v) is 13.0. The number of carbonyl (C=O) groups is 3. The van der Waals surface area contributed by atoms with Crippen LogP contribution in [0, 0.1) is 5.41 Å². The Balaban J connectivity index is 1.41. The number of carbonyl (C=O) groups excluding carboxylic acids is 3. The van der Waals surface area contributed by atoms with E-state index in [2.05, 4.69) is 20.5 Å². The van der Waals surface area contributed by atoms with Crippen LogP contribution in [0.5, 0.6) is 5.88 Å². The van der Waals surface area contributed by atoms with Crippen molar-refractivity contribution in [2.24, 2.45) is 24.5 Å². The molecule has 41 heavy (non-hydrogen) atoms. The number of urea groups is 1. The zero-order valence-electron chi connectivity index (χ0n) is 22.3. The topological polar surface area (TPSA) is 158 Å². The summed E-state index contributed by atoms with van der Waals surface area (Å²) in [6.07, 6.45) is 1.20. The Morgan fingerprint density at radius 3 is 2.37 bits per heavy atom. The molecule has 1 atom stereocenters. The molecule has 0 radical (unpaired) electrons. The SMILES string of the molecule is Cn1c(O)c(C=Nc2ccc3c(c2)CC2(C(=O)NC(=O)NC2=O)C2CN(c4ccccc4)CCN32)c(=O)n(C)c1=O. The van der Waals surface area contributed by atoms with E-state index in [-0.39, 0.29) is 12.0 Å². The predicted molar refractivity (Wildman–Crippen MR) is 150 cm³/mol. The average Bonchev–Trinajstić information content (AvgIpc) is 2.97. The van der Waals surface area contributed by atoms with E-state index in [9.17, 15) is 29.1 Å². The fourth-order valence-electron chi connectivity index (χ4n) is 6.00. The van der Waals surface area contributed by atoms with Gasteiger partial charge in [-0.25, -0.2) is 9.59 Å². The molecular formula is C28H27N7O6. The number of para-hydroxylation sites is 1. The number of hydrogen-bond acceptors (Lipinski definition) is 9. The molecule has 3 aliphatic rings. The zero-order valence-corrected chi connectivity index (χ0v) is 22.3. The van der Waals surface area contributed by atoms with Gasteiger partial charge in [0.15, 0.2) is 5.41 Å². The van der Waals surface area contributed by atoms with Crippen LogP contribution in [0.4, 0.5) is 21.9 Å². The van der Waals surface area contributed by atoms with E-state index in [0.29, 0.717) is 30.9 Å². The van der Waals surface area contributed by atoms with Crippen LogP contribution < -0.4 is 31.7 Å². The molecule has 0 bridgehead atoms. The van der Waals surface area contributed by atoms with Gasteiger partial charge in [0.2, 0.25) is 17.7 Å². The second-order valence-corrected chi connectivity index (χ2v) is 10.4. The van der Waals surface area contributed by atoms with E-state index in [1.165, 1.54) is 20.3 Å². The molecule has 3 N–H and O–H groups in total. The molecule has 13 nitrogen and oxygen atoms in total. The largest absolute Gasteiger partial charge is 0.494 e. The third kappa shape index (κ3) is 4.00. The highest BCUT2D eigenvalue weighted by Crippen LogP contribution is 2.45. The van der Waals surface area contributed by atoms with Crippen LogP contribution in [0.15, 0.2) is 63.1 Å². The number of nitrogens with zero attached hydrogens (tertiary/aromatic N) is 5. The van der Waals surface area contributed by atoms with Gasteiger partial charge in [0, 0.05) is 51.3 Å². The molecule has 1 aromatic heterocycles. The van der Waals surface area contributed by atoms with Crippen LogP contribution in [-0.2, 0) is 30.1 Å². The van der Waals surface area contributed by atoms with Gasteiger partial charge in [0.1, 0.15) is 5.56 Å². The van der Waals surface area contributed by atoms with Crippen LogP contribution in [0.25, 0.3) is 0 Å². The molecule has 4 amide bonds. The molecule has 2 saturated heterocycles. The second-order valence-electron chi connectivity index (χ2n) is 10.4. The molecule has 0 saturated carbocycles. The van der Waals surface area contributed by atoms with Crippen LogP contribution in [-0.4, -0.2) is 64.0 Å². The summed E-state index contributed by atoms with van der Waals surface area (Å²) in [7, 11) is 2.64. The fourth-order valence-corrected chi connectivity index (χ4v) is 6.00. The lowest BCUT2D eigenvalue weighted by atomic mass is 9.68. The number of aromatic nitrogens is 2. The number of imide groups is 2. The third-order valence-electron chi connectivity index (χ3n) is 8.19. The summed E-state index contributed by atoms with van der Waals surface area (Å²) in [6, 6.07) is 13.6. The lowest BCUT2D eigenvalue weighted by Gasteiger charge is -2.54. The molecule has 1 spiro atoms. The highest BCUT2D eigenvalue weighted by atomic mass is 16.3. The monoisotopic (exact) mass is 557 g/mol. The molecule has 3 aromatic rings. The Kier molecular flexibility index (Phi) is 6.01. The number of barbiturate groups is 1. The van der Waals surface area contributed by atoms with Crippen molar-refractivity contribution in [3.05, 3.63) is 80.5 Å². The van der Waals surface area contributed by atoms with Gasteiger partial charge < -0.3 is 14.9 Å². The van der Waals surface area contributed by atoms with Crippen molar-refractivity contribution in [3.8, 4) is 5.88 Å². The van der Waals surface area contributed by atoms with E-state index in [1.807, 2.05) is 41.3 Å². The number of benzene rings is 2. The van der Waals surface area contributed by atoms with E-state index in [4.69, 9.17) is 0 Å². The van der Waals surface area contributed by atoms with Crippen molar-refractivity contribution < 1.29 is 19.5 Å². The predicted octanol–water partition coefficient (Wildman–Crippen LogP) is 0.144. The minimum atomic E-state index is -1.58. The summed E-state index contributed by atoms with van der Waals surface area (Å²) < 4.78 is 1.81. The summed E-state index contributed by atoms with van der Waals surface area (Å²) in [5.41, 5.74) is -0.236. The van der Waals surface area contributed by atoms with Crippen LogP contribution in [0.3, 0.4) is 0 Å². The Morgan fingerprint density at radius 2 is 1.66 bits per heavy atom. The first-order chi connectivity index (χ1) is 19.6. The maximum absolute atomic E-state index is 13.5. The number of amides is 4. The Morgan fingerprint density at radius 1 is 0.951 bits per heavy atom. The van der Waals surface area contributed by atoms with Crippen molar-refractivity contribution in [2.75, 3.05) is 29.4 Å². The number of hydrogen-bond donors (Lipinski definition) is 3. The number of aromatic hydroxyl groups is 1. The Bertz CT molecular complexity index is 1740. The molecule has 2 aromatic carbocycles. The zero-order chi connectivity index (χ0) is 29.1. The van der Waals surface area contributed by atoms with E-state index in [1.54, 1.807) is 12.1 Å². The average molecular weight is 558 g/mol. The molecule has 0 aliphatic carbocycles. The summed E-state index contributed by atoms with van der Waals surface area (Å²) in [5, 5.41) is 15.0. The number of anilines is 2. The number of nitrogens with one attached hydrogen (secondary N) is 2. The second kappa shape index (κ2) is 9.47. The van der Waals surface area contributed by atoms with Crippen LogP contribution in [0.2, 0.25) is 0 Å². The highest BCUT2D eigenvalue weighted by molar-refractivity contribution is 6.20. The summed E-state index contributed by atoms with van der Waals surface area (Å²) in [4.78, 5) is 72.2. The first-order valence-electron chi connectivity index (χ1n) is 13.0. The Hall–Kier alpha value is -5.20. The van der Waals surface area contributed by atoms with Gasteiger partial charge in [-0.05, 0) is 42.3 Å². The highest BCUT2D eigenvalue weighted by Gasteiger charge is 2.60. The van der Waals surface area contributed by atoms with Gasteiger partial charge in [-0.2, -0.15) is 0 Å². The van der Waals surface area contributed by atoms with Gasteiger partial charge in [-0.1, -0.05) is 18.2 Å². The maximum atomic E-state index is 13.5. The normalized spacial score (nSPS) is 19.7. The molecule has 2 fully saturated rings. The van der Waals surface area contributed by atoms with Gasteiger partial charge in [0.25, 0.3) is 5.56 Å². The van der Waals surface area contributed by atoms with Crippen LogP contribution in [0.1, 0.15) is 11.1 Å². The fraction of sp³-hybridized carbons (Fsp3) is 0.286. The first kappa shape index (κ1) is 26.0. The number of piperazine rings is 1. The molecular weight excluding hydrogens is 530 g/mol. The summed E-state index contributed by atoms with van der Waals surface area (Å²) in [5.74, 6) is -1.83. The van der Waals surface area contributed by atoms with Gasteiger partial charge in [-0.3, -0.25) is 39.1 Å². The van der Waals surface area contributed by atoms with Crippen molar-refractivity contribution in [1.29, 1.82) is 0 Å². The van der Waals surface area contributed by atoms with Gasteiger partial charge >= 0.3 is 11.7 Å². The van der Waals surface area contributed by atoms with Crippen molar-refractivity contribution in [2.45, 2.75) is 12.5 Å². The number of aliphatic imine (C=N–C) groups is 1. The molecule has 4 heterocycles. The summed E-state index contributed by atoms with van der Waals surface area (Å²) in [6.45, 7) is 1.55. The van der Waals surface area contributed by atoms with Crippen molar-refractivity contribution in [1.82, 2.24) is 19.8 Å². The lowest BCUT2D eigenvalue weighted by molar-refractivity contribution is -0.146. The minimum absolute atomic E-state index is 0.0211. The molecule has 13 heteroatoms. The quantitative estimate of drug-likeness (QED) is 0.303. The standard InChI is InChI=1S/C28H27N7O6/c1-32-22(36)19(23(37)33(2)27(32)41)14-29-17-8-9-20-16(12-17)13-28(24(38)30-26(40)31-25(28)39)21-15-34(10-11-35(20)21)18-6-4-3-5-7-18/h3-9,12,14,21,36H,10-11,13,15H2,1-2H3,(H2,30,31,38,39,40). The third-order valence-corrected chi connectivity index (χ3v) is 8.19. The number of fused-ring (bicyclic) bond motifs is 4. The smallest absolute Gasteiger partial charge is 0.333 e. The van der Waals surface area contributed by atoms with Gasteiger partial charge in [-0.15, -0.1) is 0 Å². The maximum Gasteiger partial charge on any atom is 0.333 e. The molecule has 6 rings (SSSR count). The lowest BCUT2D eigenvalue weighted by Crippen LogP contribution is -2.74. The Labute approximate surface area is 233 Å². The summed E-state index contributed by atoms with van der Waals surface area (Å²) >= 11 is 0. The number of rotatable bonds is 3. The van der Waals surface area contributed by atoms with E-state index >= 15 is 0 Å². The minimum Gasteiger partial charge on any atom is -0.494 e. The molecule has 210 valence electrons.